The highest BCUT2D eigenvalue weighted by atomic mass is 16.1. The Morgan fingerprint density at radius 3 is 3.00 bits per heavy atom. The normalized spacial score (nSPS) is 10.6. The summed E-state index contributed by atoms with van der Waals surface area (Å²) in [6.45, 7) is 0. The summed E-state index contributed by atoms with van der Waals surface area (Å²) >= 11 is 0. The van der Waals surface area contributed by atoms with Crippen LogP contribution in [0.2, 0.25) is 0 Å². The Hall–Kier alpha value is -2.43. The van der Waals surface area contributed by atoms with Crippen LogP contribution in [0.25, 0.3) is 6.08 Å². The van der Waals surface area contributed by atoms with E-state index in [9.17, 15) is 4.79 Å². The molecule has 0 unspecified atom stereocenters. The number of amides is 1. The van der Waals surface area contributed by atoms with Gasteiger partial charge in [0.15, 0.2) is 0 Å². The number of rotatable bonds is 3. The molecule has 0 radical (unpaired) electrons. The molecule has 1 N–H and O–H groups in total. The number of hydrogen-bond donors (Lipinski definition) is 1. The quantitative estimate of drug-likeness (QED) is 0.809. The highest BCUT2D eigenvalue weighted by molar-refractivity contribution is 6.01. The molecule has 2 rings (SSSR count). The smallest absolute Gasteiger partial charge is 0.249 e. The van der Waals surface area contributed by atoms with E-state index in [1.54, 1.807) is 35.3 Å². The first-order chi connectivity index (χ1) is 8.24. The fraction of sp³-hybridized carbons (Fsp3) is 0.0833. The molecule has 0 aliphatic rings. The Morgan fingerprint density at radius 2 is 2.35 bits per heavy atom. The van der Waals surface area contributed by atoms with Gasteiger partial charge >= 0.3 is 0 Å². The minimum atomic E-state index is -0.215. The molecule has 17 heavy (non-hydrogen) atoms. The Kier molecular flexibility index (Phi) is 3.30. The van der Waals surface area contributed by atoms with Crippen molar-refractivity contribution >= 4 is 17.8 Å². The van der Waals surface area contributed by atoms with Crippen LogP contribution >= 0.6 is 0 Å². The lowest BCUT2D eigenvalue weighted by Crippen LogP contribution is -2.08. The Bertz CT molecular complexity index is 530. The summed E-state index contributed by atoms with van der Waals surface area (Å²) in [6, 6.07) is 5.34. The number of hydrogen-bond acceptors (Lipinski definition) is 3. The Labute approximate surface area is 98.8 Å². The van der Waals surface area contributed by atoms with Gasteiger partial charge in [0.2, 0.25) is 5.91 Å². The molecule has 2 aromatic heterocycles. The predicted molar refractivity (Wildman–Crippen MR) is 65.1 cm³/mol. The maximum Gasteiger partial charge on any atom is 0.249 e. The molecular weight excluding hydrogens is 216 g/mol. The maximum atomic E-state index is 11.5. The third-order valence-electron chi connectivity index (χ3n) is 2.07. The average molecular weight is 228 g/mol. The van der Waals surface area contributed by atoms with Crippen LogP contribution in [0.5, 0.6) is 0 Å². The lowest BCUT2D eigenvalue weighted by atomic mass is 10.3. The minimum absolute atomic E-state index is 0.215. The van der Waals surface area contributed by atoms with Crippen molar-refractivity contribution in [1.82, 2.24) is 14.8 Å². The second kappa shape index (κ2) is 5.07. The van der Waals surface area contributed by atoms with Gasteiger partial charge in [-0.1, -0.05) is 6.07 Å². The summed E-state index contributed by atoms with van der Waals surface area (Å²) in [6.07, 6.45) is 8.28. The molecule has 5 heteroatoms. The van der Waals surface area contributed by atoms with Gasteiger partial charge in [-0.2, -0.15) is 5.10 Å². The lowest BCUT2D eigenvalue weighted by molar-refractivity contribution is -0.111. The van der Waals surface area contributed by atoms with Crippen molar-refractivity contribution in [2.75, 3.05) is 5.32 Å². The molecule has 0 saturated carbocycles. The summed E-state index contributed by atoms with van der Waals surface area (Å²) in [5, 5.41) is 6.65. The van der Waals surface area contributed by atoms with E-state index in [1.807, 2.05) is 19.3 Å². The molecule has 0 saturated heterocycles. The molecule has 0 aromatic carbocycles. The molecule has 0 atom stereocenters. The van der Waals surface area contributed by atoms with E-state index in [1.165, 1.54) is 6.08 Å². The van der Waals surface area contributed by atoms with Crippen LogP contribution in [0.4, 0.5) is 5.82 Å². The zero-order chi connectivity index (χ0) is 12.1. The van der Waals surface area contributed by atoms with E-state index in [2.05, 4.69) is 15.4 Å². The van der Waals surface area contributed by atoms with Gasteiger partial charge in [-0.15, -0.1) is 0 Å². The molecule has 2 heterocycles. The van der Waals surface area contributed by atoms with Crippen LogP contribution in [-0.4, -0.2) is 20.7 Å². The molecule has 0 spiro atoms. The second-order valence-electron chi connectivity index (χ2n) is 3.48. The van der Waals surface area contributed by atoms with E-state index < -0.39 is 0 Å². The van der Waals surface area contributed by atoms with Gasteiger partial charge in [-0.3, -0.25) is 9.48 Å². The van der Waals surface area contributed by atoms with Gasteiger partial charge < -0.3 is 5.32 Å². The predicted octanol–water partition coefficient (Wildman–Crippen LogP) is 1.47. The van der Waals surface area contributed by atoms with Crippen LogP contribution in [0, 0.1) is 0 Å². The van der Waals surface area contributed by atoms with Crippen molar-refractivity contribution in [3.05, 3.63) is 48.4 Å². The lowest BCUT2D eigenvalue weighted by Gasteiger charge is -1.98. The third-order valence-corrected chi connectivity index (χ3v) is 2.07. The Balaban J connectivity index is 1.96. The number of pyridine rings is 1. The van der Waals surface area contributed by atoms with E-state index >= 15 is 0 Å². The standard InChI is InChI=1S/C12H12N4O/c1-16-9-10(8-14-16)5-6-12(17)15-11-4-2-3-7-13-11/h2-9H,1H3,(H,13,15,17)/b6-5+. The fourth-order valence-electron chi connectivity index (χ4n) is 1.30. The minimum Gasteiger partial charge on any atom is -0.307 e. The second-order valence-corrected chi connectivity index (χ2v) is 3.48. The topological polar surface area (TPSA) is 59.8 Å². The molecule has 0 bridgehead atoms. The number of carbonyl (C=O) groups is 1. The monoisotopic (exact) mass is 228 g/mol. The van der Waals surface area contributed by atoms with Crippen molar-refractivity contribution in [2.24, 2.45) is 7.05 Å². The maximum absolute atomic E-state index is 11.5. The summed E-state index contributed by atoms with van der Waals surface area (Å²) in [7, 11) is 1.82. The number of aryl methyl sites for hydroxylation is 1. The number of nitrogens with zero attached hydrogens (tertiary/aromatic N) is 3. The number of nitrogens with one attached hydrogen (secondary N) is 1. The molecule has 0 aliphatic carbocycles. The van der Waals surface area contributed by atoms with E-state index in [0.29, 0.717) is 5.82 Å². The number of aromatic nitrogens is 3. The SMILES string of the molecule is Cn1cc(/C=C/C(=O)Nc2ccccn2)cn1. The first kappa shape index (κ1) is 11.1. The van der Waals surface area contributed by atoms with Crippen molar-refractivity contribution in [1.29, 1.82) is 0 Å². The largest absolute Gasteiger partial charge is 0.307 e. The van der Waals surface area contributed by atoms with Gasteiger partial charge in [0, 0.05) is 31.1 Å². The molecule has 2 aromatic rings. The molecule has 1 amide bonds. The first-order valence-corrected chi connectivity index (χ1v) is 5.13. The van der Waals surface area contributed by atoms with E-state index in [0.717, 1.165) is 5.56 Å². The van der Waals surface area contributed by atoms with Crippen LogP contribution in [0.1, 0.15) is 5.56 Å². The molecular formula is C12H12N4O. The number of carbonyl (C=O) groups excluding carboxylic acids is 1. The third kappa shape index (κ3) is 3.27. The van der Waals surface area contributed by atoms with E-state index in [4.69, 9.17) is 0 Å². The summed E-state index contributed by atoms with van der Waals surface area (Å²) in [5.41, 5.74) is 0.878. The van der Waals surface area contributed by atoms with Crippen molar-refractivity contribution in [3.8, 4) is 0 Å². The highest BCUT2D eigenvalue weighted by Crippen LogP contribution is 2.02. The van der Waals surface area contributed by atoms with Crippen LogP contribution in [-0.2, 0) is 11.8 Å². The molecule has 0 fully saturated rings. The molecule has 0 aliphatic heterocycles. The fourth-order valence-corrected chi connectivity index (χ4v) is 1.30. The zero-order valence-electron chi connectivity index (χ0n) is 9.37. The van der Waals surface area contributed by atoms with Crippen molar-refractivity contribution in [3.63, 3.8) is 0 Å². The van der Waals surface area contributed by atoms with Crippen molar-refractivity contribution < 1.29 is 4.79 Å². The van der Waals surface area contributed by atoms with Crippen LogP contribution in [0.3, 0.4) is 0 Å². The van der Waals surface area contributed by atoms with Gasteiger partial charge in [-0.25, -0.2) is 4.98 Å². The first-order valence-electron chi connectivity index (χ1n) is 5.13. The highest BCUT2D eigenvalue weighted by Gasteiger charge is 1.97. The van der Waals surface area contributed by atoms with E-state index in [-0.39, 0.29) is 5.91 Å². The Morgan fingerprint density at radius 1 is 1.47 bits per heavy atom. The molecule has 86 valence electrons. The van der Waals surface area contributed by atoms with Gasteiger partial charge in [0.25, 0.3) is 0 Å². The summed E-state index contributed by atoms with van der Waals surface area (Å²) in [5.74, 6) is 0.320. The zero-order valence-corrected chi connectivity index (χ0v) is 9.37. The van der Waals surface area contributed by atoms with Gasteiger partial charge in [0.05, 0.1) is 6.20 Å². The summed E-state index contributed by atoms with van der Waals surface area (Å²) in [4.78, 5) is 15.5. The van der Waals surface area contributed by atoms with Gasteiger partial charge in [0.1, 0.15) is 5.82 Å². The number of anilines is 1. The van der Waals surface area contributed by atoms with Gasteiger partial charge in [-0.05, 0) is 18.2 Å². The summed E-state index contributed by atoms with van der Waals surface area (Å²) < 4.78 is 1.68. The average Bonchev–Trinajstić information content (AvgIpc) is 2.74. The van der Waals surface area contributed by atoms with Crippen LogP contribution in [0.15, 0.2) is 42.9 Å². The van der Waals surface area contributed by atoms with Crippen LogP contribution < -0.4 is 5.32 Å². The van der Waals surface area contributed by atoms with Crippen molar-refractivity contribution in [2.45, 2.75) is 0 Å². The molecule has 5 nitrogen and oxygen atoms in total.